The number of amides is 2. The number of ether oxygens (including phenoxy) is 2. The topological polar surface area (TPSA) is 80.8 Å². The molecular formula is C11H15N3O4S. The number of aromatic nitrogens is 1. The van der Waals surface area contributed by atoms with Crippen molar-refractivity contribution in [1.82, 2.24) is 15.2 Å². The smallest absolute Gasteiger partial charge is 0.411 e. The van der Waals surface area contributed by atoms with E-state index in [1.807, 2.05) is 5.38 Å². The number of carbonyl (C=O) groups is 2. The lowest BCUT2D eigenvalue weighted by atomic mass is 10.2. The molecule has 0 aromatic carbocycles. The van der Waals surface area contributed by atoms with Gasteiger partial charge in [-0.1, -0.05) is 0 Å². The van der Waals surface area contributed by atoms with Gasteiger partial charge >= 0.3 is 6.09 Å². The summed E-state index contributed by atoms with van der Waals surface area (Å²) < 4.78 is 9.78. The van der Waals surface area contributed by atoms with Crippen molar-refractivity contribution in [3.63, 3.8) is 0 Å². The van der Waals surface area contributed by atoms with Gasteiger partial charge in [-0.05, 0) is 0 Å². The van der Waals surface area contributed by atoms with Crippen LogP contribution in [-0.4, -0.2) is 54.8 Å². The summed E-state index contributed by atoms with van der Waals surface area (Å²) in [6, 6.07) is -0.603. The first kappa shape index (κ1) is 13.8. The number of nitrogens with one attached hydrogen (secondary N) is 1. The normalized spacial score (nSPS) is 18.5. The highest BCUT2D eigenvalue weighted by Crippen LogP contribution is 2.17. The number of methoxy groups -OCH3 is 1. The molecule has 0 radical (unpaired) electrons. The van der Waals surface area contributed by atoms with Gasteiger partial charge in [0.05, 0.1) is 13.2 Å². The first-order valence-electron chi connectivity index (χ1n) is 5.81. The third-order valence-corrected chi connectivity index (χ3v) is 3.44. The van der Waals surface area contributed by atoms with Gasteiger partial charge in [0.25, 0.3) is 0 Å². The van der Waals surface area contributed by atoms with Crippen LogP contribution in [0.5, 0.6) is 0 Å². The van der Waals surface area contributed by atoms with E-state index in [2.05, 4.69) is 10.3 Å². The molecule has 104 valence electrons. The van der Waals surface area contributed by atoms with Crippen LogP contribution in [0.3, 0.4) is 0 Å². The van der Waals surface area contributed by atoms with Gasteiger partial charge in [0.2, 0.25) is 5.91 Å². The Kier molecular flexibility index (Phi) is 4.69. The SMILES string of the molecule is COCCNC(=O)[C@@H]1COC(=O)N1Cc1nccs1. The van der Waals surface area contributed by atoms with Gasteiger partial charge < -0.3 is 14.8 Å². The zero-order valence-electron chi connectivity index (χ0n) is 10.5. The number of cyclic esters (lactones) is 1. The summed E-state index contributed by atoms with van der Waals surface area (Å²) in [5.41, 5.74) is 0. The molecule has 7 nitrogen and oxygen atoms in total. The molecular weight excluding hydrogens is 270 g/mol. The molecule has 1 aromatic rings. The van der Waals surface area contributed by atoms with Crippen LogP contribution < -0.4 is 5.32 Å². The third kappa shape index (κ3) is 3.42. The van der Waals surface area contributed by atoms with E-state index in [1.54, 1.807) is 13.3 Å². The predicted octanol–water partition coefficient (Wildman–Crippen LogP) is 0.227. The number of rotatable bonds is 6. The van der Waals surface area contributed by atoms with Crippen molar-refractivity contribution >= 4 is 23.3 Å². The first-order valence-corrected chi connectivity index (χ1v) is 6.68. The number of nitrogens with zero attached hydrogens (tertiary/aromatic N) is 2. The van der Waals surface area contributed by atoms with Crippen molar-refractivity contribution in [2.24, 2.45) is 0 Å². The highest BCUT2D eigenvalue weighted by Gasteiger charge is 2.38. The Morgan fingerprint density at radius 1 is 1.74 bits per heavy atom. The Balaban J connectivity index is 1.94. The number of hydrogen-bond acceptors (Lipinski definition) is 6. The van der Waals surface area contributed by atoms with Crippen molar-refractivity contribution in [3.05, 3.63) is 16.6 Å². The van der Waals surface area contributed by atoms with Crippen molar-refractivity contribution in [1.29, 1.82) is 0 Å². The van der Waals surface area contributed by atoms with E-state index in [9.17, 15) is 9.59 Å². The minimum Gasteiger partial charge on any atom is -0.447 e. The average molecular weight is 285 g/mol. The summed E-state index contributed by atoms with van der Waals surface area (Å²) in [5.74, 6) is -0.237. The number of thiazole rings is 1. The van der Waals surface area contributed by atoms with E-state index in [-0.39, 0.29) is 12.5 Å². The molecule has 1 saturated heterocycles. The maximum absolute atomic E-state index is 11.9. The number of carbonyl (C=O) groups excluding carboxylic acids is 2. The molecule has 0 aliphatic carbocycles. The Hall–Kier alpha value is -1.67. The Bertz CT molecular complexity index is 437. The fraction of sp³-hybridized carbons (Fsp3) is 0.545. The first-order chi connectivity index (χ1) is 9.22. The zero-order chi connectivity index (χ0) is 13.7. The highest BCUT2D eigenvalue weighted by atomic mass is 32.1. The van der Waals surface area contributed by atoms with Crippen molar-refractivity contribution in [2.45, 2.75) is 12.6 Å². The van der Waals surface area contributed by atoms with E-state index < -0.39 is 12.1 Å². The molecule has 0 spiro atoms. The van der Waals surface area contributed by atoms with Gasteiger partial charge in [0.1, 0.15) is 17.7 Å². The Morgan fingerprint density at radius 3 is 3.26 bits per heavy atom. The van der Waals surface area contributed by atoms with Gasteiger partial charge in [-0.2, -0.15) is 0 Å². The minimum atomic E-state index is -0.603. The molecule has 1 aliphatic heterocycles. The molecule has 1 atom stereocenters. The lowest BCUT2D eigenvalue weighted by Crippen LogP contribution is -2.46. The van der Waals surface area contributed by atoms with Gasteiger partial charge in [0, 0.05) is 25.2 Å². The van der Waals surface area contributed by atoms with E-state index in [0.717, 1.165) is 5.01 Å². The third-order valence-electron chi connectivity index (χ3n) is 2.67. The van der Waals surface area contributed by atoms with Crippen LogP contribution in [0.15, 0.2) is 11.6 Å². The summed E-state index contributed by atoms with van der Waals surface area (Å²) in [6.45, 7) is 1.20. The molecule has 1 fully saturated rings. The second-order valence-corrected chi connectivity index (χ2v) is 4.91. The largest absolute Gasteiger partial charge is 0.447 e. The quantitative estimate of drug-likeness (QED) is 0.757. The molecule has 0 unspecified atom stereocenters. The van der Waals surface area contributed by atoms with Crippen LogP contribution in [0, 0.1) is 0 Å². The summed E-state index contributed by atoms with van der Waals surface area (Å²) >= 11 is 1.43. The van der Waals surface area contributed by atoms with E-state index in [4.69, 9.17) is 9.47 Å². The van der Waals surface area contributed by atoms with Crippen LogP contribution in [0.1, 0.15) is 5.01 Å². The molecule has 8 heteroatoms. The fourth-order valence-corrected chi connectivity index (χ4v) is 2.33. The van der Waals surface area contributed by atoms with Crippen LogP contribution in [0.4, 0.5) is 4.79 Å². The monoisotopic (exact) mass is 285 g/mol. The molecule has 0 bridgehead atoms. The number of hydrogen-bond donors (Lipinski definition) is 1. The summed E-state index contributed by atoms with van der Waals surface area (Å²) in [6.07, 6.45) is 1.18. The lowest BCUT2D eigenvalue weighted by Gasteiger charge is -2.19. The molecule has 19 heavy (non-hydrogen) atoms. The molecule has 1 N–H and O–H groups in total. The Labute approximate surface area is 114 Å². The van der Waals surface area contributed by atoms with E-state index in [0.29, 0.717) is 19.7 Å². The van der Waals surface area contributed by atoms with Crippen molar-refractivity contribution in [3.8, 4) is 0 Å². The maximum atomic E-state index is 11.9. The maximum Gasteiger partial charge on any atom is 0.411 e. The second kappa shape index (κ2) is 6.48. The van der Waals surface area contributed by atoms with E-state index in [1.165, 1.54) is 16.2 Å². The van der Waals surface area contributed by atoms with Crippen LogP contribution in [0.25, 0.3) is 0 Å². The summed E-state index contributed by atoms with van der Waals surface area (Å²) in [4.78, 5) is 29.1. The van der Waals surface area contributed by atoms with Gasteiger partial charge in [-0.15, -0.1) is 11.3 Å². The molecule has 1 aliphatic rings. The van der Waals surface area contributed by atoms with Crippen LogP contribution >= 0.6 is 11.3 Å². The molecule has 2 heterocycles. The molecule has 1 aromatic heterocycles. The summed E-state index contributed by atoms with van der Waals surface area (Å²) in [7, 11) is 1.56. The Morgan fingerprint density at radius 2 is 2.58 bits per heavy atom. The van der Waals surface area contributed by atoms with Crippen molar-refractivity contribution in [2.75, 3.05) is 26.9 Å². The molecule has 2 rings (SSSR count). The highest BCUT2D eigenvalue weighted by molar-refractivity contribution is 7.09. The van der Waals surface area contributed by atoms with Crippen LogP contribution in [0.2, 0.25) is 0 Å². The van der Waals surface area contributed by atoms with Crippen molar-refractivity contribution < 1.29 is 19.1 Å². The average Bonchev–Trinajstić information content (AvgIpc) is 3.02. The second-order valence-electron chi connectivity index (χ2n) is 3.93. The minimum absolute atomic E-state index is 0.0724. The lowest BCUT2D eigenvalue weighted by molar-refractivity contribution is -0.125. The standard InChI is InChI=1S/C11H15N3O4S/c1-17-4-2-13-10(15)8-7-18-11(16)14(8)6-9-12-3-5-19-9/h3,5,8H,2,4,6-7H2,1H3,(H,13,15)/t8-/m0/s1. The van der Waals surface area contributed by atoms with Gasteiger partial charge in [-0.3, -0.25) is 9.69 Å². The van der Waals surface area contributed by atoms with E-state index >= 15 is 0 Å². The predicted molar refractivity (Wildman–Crippen MR) is 67.7 cm³/mol. The summed E-state index contributed by atoms with van der Waals surface area (Å²) in [5, 5.41) is 5.30. The zero-order valence-corrected chi connectivity index (χ0v) is 11.3. The molecule has 2 amide bonds. The van der Waals surface area contributed by atoms with Gasteiger partial charge in [0.15, 0.2) is 0 Å². The fourth-order valence-electron chi connectivity index (χ4n) is 1.71. The van der Waals surface area contributed by atoms with Gasteiger partial charge in [-0.25, -0.2) is 9.78 Å². The molecule has 0 saturated carbocycles. The van der Waals surface area contributed by atoms with Crippen LogP contribution in [-0.2, 0) is 20.8 Å².